The molecule has 0 bridgehead atoms. The van der Waals surface area contributed by atoms with E-state index in [0.717, 1.165) is 12.0 Å². The lowest BCUT2D eigenvalue weighted by Crippen LogP contribution is -2.45. The normalized spacial score (nSPS) is 19.2. The van der Waals surface area contributed by atoms with Crippen LogP contribution in [-0.4, -0.2) is 146 Å². The number of carbonyl (C=O) groups is 7. The lowest BCUT2D eigenvalue weighted by atomic mass is 9.89. The molecule has 70 heavy (non-hydrogen) atoms. The number of carbonyl (C=O) groups excluding carboxylic acids is 7. The number of ketones is 4. The molecule has 1 aromatic carbocycles. The number of primary amides is 1. The number of thioether (sulfide) groups is 2. The van der Waals surface area contributed by atoms with Gasteiger partial charge >= 0.3 is 0 Å². The first-order valence-electron chi connectivity index (χ1n) is 25.1. The first-order valence-corrected chi connectivity index (χ1v) is 27.6. The topological polar surface area (TPSA) is 297 Å². The number of phenolic OH excluding ortho intramolecular Hbond substituents is 1. The molecule has 396 valence electrons. The summed E-state index contributed by atoms with van der Waals surface area (Å²) in [4.78, 5) is 95.0. The summed E-state index contributed by atoms with van der Waals surface area (Å²) in [6, 6.07) is 5.06. The summed E-state index contributed by atoms with van der Waals surface area (Å²) in [5.74, 6) is 0.0710. The van der Waals surface area contributed by atoms with Crippen LogP contribution in [0.25, 0.3) is 0 Å². The molecule has 0 radical (unpaired) electrons. The van der Waals surface area contributed by atoms with Crippen LogP contribution in [0.15, 0.2) is 29.3 Å². The van der Waals surface area contributed by atoms with Gasteiger partial charge in [0.2, 0.25) is 17.7 Å². The minimum Gasteiger partial charge on any atom is -0.508 e. The van der Waals surface area contributed by atoms with Crippen LogP contribution in [-0.2, 0) is 49.5 Å². The fourth-order valence-electron chi connectivity index (χ4n) is 8.04. The SMILES string of the molecule is CC[C@H](C)[C@H]1CCC[C@@H](CCNC(=O)CCOCCOCCCC(=O)CSC)C(=O)CN[C@H](C(=O)CC[C@@H](CCCN=C(N)N)CN[C@@H](Cc2ccc(O)cc2)C(N)=O)CCSCC(=O)CCC(=O)N1. The number of rotatable bonds is 31. The number of aliphatic imine (C=N–C) groups is 1. The van der Waals surface area contributed by atoms with Gasteiger partial charge in [-0.1, -0.05) is 38.8 Å². The summed E-state index contributed by atoms with van der Waals surface area (Å²) in [5, 5.41) is 22.4. The molecule has 1 aliphatic heterocycles. The molecule has 0 saturated carbocycles. The molecule has 6 atom stereocenters. The number of hydrogen-bond donors (Lipinski definition) is 8. The minimum atomic E-state index is -0.694. The van der Waals surface area contributed by atoms with E-state index in [1.54, 1.807) is 24.3 Å². The molecule has 20 heteroatoms. The van der Waals surface area contributed by atoms with E-state index in [9.17, 15) is 38.7 Å². The Balaban J connectivity index is 2.14. The number of guanidine groups is 1. The highest BCUT2D eigenvalue weighted by molar-refractivity contribution is 8.00. The molecule has 18 nitrogen and oxygen atoms in total. The van der Waals surface area contributed by atoms with Crippen molar-refractivity contribution in [1.29, 1.82) is 0 Å². The largest absolute Gasteiger partial charge is 0.508 e. The van der Waals surface area contributed by atoms with Crippen molar-refractivity contribution in [3.05, 3.63) is 29.8 Å². The third-order valence-electron chi connectivity index (χ3n) is 12.5. The van der Waals surface area contributed by atoms with E-state index >= 15 is 0 Å². The Labute approximate surface area is 424 Å². The van der Waals surface area contributed by atoms with Crippen LogP contribution in [0.4, 0.5) is 0 Å². The molecule has 0 spiro atoms. The highest BCUT2D eigenvalue weighted by atomic mass is 32.2. The summed E-state index contributed by atoms with van der Waals surface area (Å²) in [6.45, 7) is 6.51. The second-order valence-electron chi connectivity index (χ2n) is 18.2. The molecule has 2 rings (SSSR count). The van der Waals surface area contributed by atoms with Gasteiger partial charge in [-0.25, -0.2) is 0 Å². The second kappa shape index (κ2) is 37.7. The zero-order valence-corrected chi connectivity index (χ0v) is 43.6. The Bertz CT molecular complexity index is 1750. The summed E-state index contributed by atoms with van der Waals surface area (Å²) in [7, 11) is 0. The van der Waals surface area contributed by atoms with Crippen LogP contribution in [0.2, 0.25) is 0 Å². The van der Waals surface area contributed by atoms with Crippen LogP contribution in [0.5, 0.6) is 5.75 Å². The maximum atomic E-state index is 14.1. The number of nitrogens with two attached hydrogens (primary N) is 3. The van der Waals surface area contributed by atoms with Crippen LogP contribution in [0.3, 0.4) is 0 Å². The minimum absolute atomic E-state index is 0.0183. The van der Waals surface area contributed by atoms with E-state index in [0.29, 0.717) is 115 Å². The maximum Gasteiger partial charge on any atom is 0.234 e. The molecule has 0 aliphatic carbocycles. The molecule has 1 fully saturated rings. The zero-order valence-electron chi connectivity index (χ0n) is 42.0. The number of Topliss-reactive ketones (excluding diaryl/α,β-unsaturated/α-hetero) is 4. The fourth-order valence-corrected chi connectivity index (χ4v) is 9.43. The van der Waals surface area contributed by atoms with E-state index in [1.807, 2.05) is 6.26 Å². The number of nitrogens with zero attached hydrogens (tertiary/aromatic N) is 1. The van der Waals surface area contributed by atoms with E-state index in [4.69, 9.17) is 26.7 Å². The van der Waals surface area contributed by atoms with Crippen LogP contribution >= 0.6 is 23.5 Å². The van der Waals surface area contributed by atoms with Gasteiger partial charge < -0.3 is 53.0 Å². The van der Waals surface area contributed by atoms with Crippen molar-refractivity contribution in [2.45, 2.75) is 135 Å². The van der Waals surface area contributed by atoms with Crippen LogP contribution < -0.4 is 38.5 Å². The predicted molar refractivity (Wildman–Crippen MR) is 279 cm³/mol. The number of hydrogen-bond acceptors (Lipinski definition) is 15. The van der Waals surface area contributed by atoms with E-state index in [2.05, 4.69) is 40.1 Å². The lowest BCUT2D eigenvalue weighted by Gasteiger charge is -2.26. The van der Waals surface area contributed by atoms with Gasteiger partial charge in [-0.15, -0.1) is 0 Å². The van der Waals surface area contributed by atoms with Crippen molar-refractivity contribution in [3.8, 4) is 5.75 Å². The number of ether oxygens (including phenoxy) is 2. The molecule has 11 N–H and O–H groups in total. The van der Waals surface area contributed by atoms with Crippen molar-refractivity contribution < 1.29 is 48.1 Å². The quantitative estimate of drug-likeness (QED) is 0.0301. The lowest BCUT2D eigenvalue weighted by molar-refractivity contribution is -0.126. The number of aromatic hydroxyl groups is 1. The van der Waals surface area contributed by atoms with Crippen molar-refractivity contribution in [2.24, 2.45) is 39.9 Å². The fraction of sp³-hybridized carbons (Fsp3) is 0.720. The average Bonchev–Trinajstić information content (AvgIpc) is 3.32. The first kappa shape index (κ1) is 62.0. The highest BCUT2D eigenvalue weighted by Crippen LogP contribution is 2.21. The first-order chi connectivity index (χ1) is 33.6. The van der Waals surface area contributed by atoms with Crippen LogP contribution in [0, 0.1) is 17.8 Å². The molecule has 1 aliphatic rings. The summed E-state index contributed by atoms with van der Waals surface area (Å²) in [6.07, 6.45) is 9.08. The van der Waals surface area contributed by atoms with E-state index in [1.165, 1.54) is 23.5 Å². The smallest absolute Gasteiger partial charge is 0.234 e. The number of phenols is 1. The van der Waals surface area contributed by atoms with Gasteiger partial charge in [0.05, 0.1) is 50.0 Å². The van der Waals surface area contributed by atoms with Gasteiger partial charge in [-0.3, -0.25) is 38.6 Å². The Morgan fingerprint density at radius 1 is 0.943 bits per heavy atom. The molecule has 1 heterocycles. The molecule has 1 aromatic rings. The van der Waals surface area contributed by atoms with Crippen molar-refractivity contribution >= 4 is 70.3 Å². The van der Waals surface area contributed by atoms with E-state index in [-0.39, 0.29) is 116 Å². The van der Waals surface area contributed by atoms with Gasteiger partial charge in [-0.05, 0) is 106 Å². The zero-order chi connectivity index (χ0) is 51.5. The Hall–Kier alpha value is -4.08. The van der Waals surface area contributed by atoms with Gasteiger partial charge in [0, 0.05) is 63.8 Å². The van der Waals surface area contributed by atoms with Gasteiger partial charge in [0.25, 0.3) is 0 Å². The average molecular weight is 1020 g/mol. The molecular weight excluding hydrogens is 937 g/mol. The van der Waals surface area contributed by atoms with Gasteiger partial charge in [0.15, 0.2) is 5.96 Å². The summed E-state index contributed by atoms with van der Waals surface area (Å²) >= 11 is 2.90. The molecule has 0 aromatic heterocycles. The molecule has 1 saturated heterocycles. The number of benzene rings is 1. The highest BCUT2D eigenvalue weighted by Gasteiger charge is 2.26. The monoisotopic (exact) mass is 1020 g/mol. The van der Waals surface area contributed by atoms with Crippen molar-refractivity contribution in [2.75, 3.05) is 76.1 Å². The van der Waals surface area contributed by atoms with Crippen LogP contribution in [0.1, 0.15) is 116 Å². The Kier molecular flexibility index (Phi) is 33.4. The van der Waals surface area contributed by atoms with Gasteiger partial charge in [0.1, 0.15) is 28.9 Å². The van der Waals surface area contributed by atoms with Crippen molar-refractivity contribution in [3.63, 3.8) is 0 Å². The van der Waals surface area contributed by atoms with E-state index < -0.39 is 23.9 Å². The number of nitrogens with one attached hydrogen (secondary N) is 4. The van der Waals surface area contributed by atoms with Gasteiger partial charge in [-0.2, -0.15) is 23.5 Å². The van der Waals surface area contributed by atoms with Crippen molar-refractivity contribution in [1.82, 2.24) is 21.3 Å². The Morgan fingerprint density at radius 3 is 2.39 bits per heavy atom. The third-order valence-corrected chi connectivity index (χ3v) is 14.2. The maximum absolute atomic E-state index is 14.1. The Morgan fingerprint density at radius 2 is 1.69 bits per heavy atom. The summed E-state index contributed by atoms with van der Waals surface area (Å²) in [5.41, 5.74) is 17.7. The third kappa shape index (κ3) is 29.3. The molecular formula is C50H84N8O10S2. The number of amides is 3. The summed E-state index contributed by atoms with van der Waals surface area (Å²) < 4.78 is 11.1. The standard InChI is InChI=1S/C50H84N8O10S2/c1-4-35(2)42-11-5-9-38(20-24-54-47(64)21-26-68-28-27-67-25-7-10-40(60)33-69-3)46(63)32-57-43(22-29-70-34-41(61)17-19-48(65)58-42)45(62)18-14-37(8-6-23-55-50(52)53)31-56-44(49(51)66)30-36-12-15-39(59)16-13-36/h12-13,15-16,35,37-38,42-44,56-57,59H,4-11,14,17-34H2,1-3H3,(H2,51,66)(H,54,64)(H,58,65)(H4,52,53,55)/t35-,37+,38-,42+,43-,44-/m0/s1. The molecule has 3 amide bonds. The second-order valence-corrected chi connectivity index (χ2v) is 20.2. The molecule has 0 unspecified atom stereocenters. The predicted octanol–water partition coefficient (Wildman–Crippen LogP) is 3.37.